The number of pyridine rings is 1. The van der Waals surface area contributed by atoms with Gasteiger partial charge in [-0.25, -0.2) is 0 Å². The molecule has 1 aromatic heterocycles. The van der Waals surface area contributed by atoms with Crippen LogP contribution in [0.15, 0.2) is 18.3 Å². The number of anilines is 1. The molecule has 96 valence electrons. The van der Waals surface area contributed by atoms with Gasteiger partial charge < -0.3 is 10.2 Å². The van der Waals surface area contributed by atoms with E-state index in [1.54, 1.807) is 0 Å². The molecule has 0 aliphatic carbocycles. The highest BCUT2D eigenvalue weighted by Gasteiger charge is 2.05. The lowest BCUT2D eigenvalue weighted by Gasteiger charge is -2.24. The molecule has 1 N–H and O–H groups in total. The first-order valence-electron chi connectivity index (χ1n) is 6.39. The number of hydrogen-bond acceptors (Lipinski definition) is 3. The van der Waals surface area contributed by atoms with Gasteiger partial charge in [-0.15, -0.1) is 0 Å². The van der Waals surface area contributed by atoms with Crippen LogP contribution in [0, 0.1) is 5.92 Å². The lowest BCUT2D eigenvalue weighted by atomic mass is 10.2. The maximum absolute atomic E-state index is 4.39. The maximum Gasteiger partial charge on any atom is 0.0562 e. The monoisotopic (exact) mass is 235 g/mol. The Morgan fingerprint density at radius 1 is 1.29 bits per heavy atom. The first kappa shape index (κ1) is 14.0. The van der Waals surface area contributed by atoms with Crippen molar-refractivity contribution in [3.8, 4) is 0 Å². The van der Waals surface area contributed by atoms with Gasteiger partial charge in [0, 0.05) is 31.5 Å². The number of hydrogen-bond donors (Lipinski definition) is 1. The summed E-state index contributed by atoms with van der Waals surface area (Å²) in [4.78, 5) is 6.65. The molecule has 0 fully saturated rings. The van der Waals surface area contributed by atoms with E-state index < -0.39 is 0 Å². The number of aromatic nitrogens is 1. The van der Waals surface area contributed by atoms with Crippen molar-refractivity contribution in [2.45, 2.75) is 40.3 Å². The van der Waals surface area contributed by atoms with E-state index in [0.29, 0.717) is 12.0 Å². The summed E-state index contributed by atoms with van der Waals surface area (Å²) in [5, 5.41) is 3.42. The third kappa shape index (κ3) is 4.73. The van der Waals surface area contributed by atoms with E-state index in [1.165, 1.54) is 5.69 Å². The van der Waals surface area contributed by atoms with Gasteiger partial charge in [-0.2, -0.15) is 0 Å². The summed E-state index contributed by atoms with van der Waals surface area (Å²) in [7, 11) is 2.12. The highest BCUT2D eigenvalue weighted by atomic mass is 15.1. The molecule has 0 spiro atoms. The zero-order chi connectivity index (χ0) is 12.8. The van der Waals surface area contributed by atoms with Gasteiger partial charge in [0.15, 0.2) is 0 Å². The van der Waals surface area contributed by atoms with Crippen molar-refractivity contribution in [3.63, 3.8) is 0 Å². The average Bonchev–Trinajstić information content (AvgIpc) is 2.28. The molecule has 0 saturated carbocycles. The highest BCUT2D eigenvalue weighted by Crippen LogP contribution is 2.15. The first-order chi connectivity index (χ1) is 8.00. The molecule has 0 amide bonds. The average molecular weight is 235 g/mol. The second kappa shape index (κ2) is 6.60. The molecular weight excluding hydrogens is 210 g/mol. The van der Waals surface area contributed by atoms with E-state index in [0.717, 1.165) is 18.8 Å². The Kier molecular flexibility index (Phi) is 5.42. The first-order valence-corrected chi connectivity index (χ1v) is 6.39. The molecule has 1 heterocycles. The van der Waals surface area contributed by atoms with Crippen LogP contribution in [0.5, 0.6) is 0 Å². The molecule has 3 heteroatoms. The quantitative estimate of drug-likeness (QED) is 0.821. The summed E-state index contributed by atoms with van der Waals surface area (Å²) in [5.41, 5.74) is 2.34. The topological polar surface area (TPSA) is 28.2 Å². The fourth-order valence-corrected chi connectivity index (χ4v) is 1.57. The molecule has 0 bridgehead atoms. The predicted octanol–water partition coefficient (Wildman–Crippen LogP) is 2.67. The zero-order valence-corrected chi connectivity index (χ0v) is 11.7. The summed E-state index contributed by atoms with van der Waals surface area (Å²) in [6, 6.07) is 4.73. The largest absolute Gasteiger partial charge is 0.372 e. The third-order valence-corrected chi connectivity index (χ3v) is 2.84. The minimum atomic E-state index is 0.508. The third-order valence-electron chi connectivity index (χ3n) is 2.84. The second-order valence-electron chi connectivity index (χ2n) is 5.23. The molecule has 17 heavy (non-hydrogen) atoms. The van der Waals surface area contributed by atoms with Gasteiger partial charge in [0.2, 0.25) is 0 Å². The van der Waals surface area contributed by atoms with E-state index >= 15 is 0 Å². The van der Waals surface area contributed by atoms with Crippen LogP contribution in [0.4, 0.5) is 5.69 Å². The van der Waals surface area contributed by atoms with Gasteiger partial charge in [-0.1, -0.05) is 13.8 Å². The highest BCUT2D eigenvalue weighted by molar-refractivity contribution is 5.46. The Morgan fingerprint density at radius 3 is 2.59 bits per heavy atom. The Morgan fingerprint density at radius 2 is 2.00 bits per heavy atom. The molecule has 0 aliphatic rings. The Bertz CT molecular complexity index is 334. The summed E-state index contributed by atoms with van der Waals surface area (Å²) in [6.45, 7) is 10.7. The van der Waals surface area contributed by atoms with Crippen LogP contribution in [0.2, 0.25) is 0 Å². The number of rotatable bonds is 6. The summed E-state index contributed by atoms with van der Waals surface area (Å²) < 4.78 is 0. The second-order valence-corrected chi connectivity index (χ2v) is 5.23. The maximum atomic E-state index is 4.39. The van der Waals surface area contributed by atoms with E-state index in [-0.39, 0.29) is 0 Å². The number of nitrogens with zero attached hydrogens (tertiary/aromatic N) is 2. The smallest absolute Gasteiger partial charge is 0.0562 e. The summed E-state index contributed by atoms with van der Waals surface area (Å²) >= 11 is 0. The van der Waals surface area contributed by atoms with Gasteiger partial charge in [0.1, 0.15) is 0 Å². The van der Waals surface area contributed by atoms with E-state index in [1.807, 2.05) is 6.20 Å². The van der Waals surface area contributed by atoms with Gasteiger partial charge in [-0.3, -0.25) is 4.98 Å². The Hall–Kier alpha value is -1.09. The molecule has 0 aliphatic heterocycles. The summed E-state index contributed by atoms with van der Waals surface area (Å²) in [5.74, 6) is 0.677. The molecule has 3 nitrogen and oxygen atoms in total. The van der Waals surface area contributed by atoms with Crippen molar-refractivity contribution in [1.82, 2.24) is 10.3 Å². The van der Waals surface area contributed by atoms with Crippen molar-refractivity contribution in [2.24, 2.45) is 5.92 Å². The van der Waals surface area contributed by atoms with Crippen LogP contribution >= 0.6 is 0 Å². The molecule has 0 radical (unpaired) electrons. The van der Waals surface area contributed by atoms with Gasteiger partial charge in [-0.05, 0) is 38.4 Å². The van der Waals surface area contributed by atoms with Gasteiger partial charge in [0.05, 0.1) is 5.69 Å². The molecule has 0 unspecified atom stereocenters. The molecule has 1 aromatic rings. The van der Waals surface area contributed by atoms with Crippen molar-refractivity contribution in [3.05, 3.63) is 24.0 Å². The SMILES string of the molecule is CC(C)CNCc1cc(N(C)C(C)C)ccn1. The van der Waals surface area contributed by atoms with Crippen LogP contribution in [0.25, 0.3) is 0 Å². The van der Waals surface area contributed by atoms with Crippen LogP contribution in [0.3, 0.4) is 0 Å². The summed E-state index contributed by atoms with van der Waals surface area (Å²) in [6.07, 6.45) is 1.89. The minimum absolute atomic E-state index is 0.508. The van der Waals surface area contributed by atoms with Crippen molar-refractivity contribution >= 4 is 5.69 Å². The van der Waals surface area contributed by atoms with Crippen molar-refractivity contribution in [2.75, 3.05) is 18.5 Å². The molecule has 0 atom stereocenters. The van der Waals surface area contributed by atoms with E-state index in [4.69, 9.17) is 0 Å². The fraction of sp³-hybridized carbons (Fsp3) is 0.643. The van der Waals surface area contributed by atoms with E-state index in [9.17, 15) is 0 Å². The van der Waals surface area contributed by atoms with Crippen LogP contribution in [-0.4, -0.2) is 24.6 Å². The van der Waals surface area contributed by atoms with Crippen LogP contribution in [-0.2, 0) is 6.54 Å². The van der Waals surface area contributed by atoms with Gasteiger partial charge >= 0.3 is 0 Å². The van der Waals surface area contributed by atoms with Crippen molar-refractivity contribution < 1.29 is 0 Å². The van der Waals surface area contributed by atoms with Crippen molar-refractivity contribution in [1.29, 1.82) is 0 Å². The molecular formula is C14H25N3. The number of nitrogens with one attached hydrogen (secondary N) is 1. The standard InChI is InChI=1S/C14H25N3/c1-11(2)9-15-10-13-8-14(6-7-16-13)17(5)12(3)4/h6-8,11-12,15H,9-10H2,1-5H3. The lowest BCUT2D eigenvalue weighted by Crippen LogP contribution is -2.26. The van der Waals surface area contributed by atoms with Gasteiger partial charge in [0.25, 0.3) is 0 Å². The normalized spacial score (nSPS) is 11.2. The van der Waals surface area contributed by atoms with Crippen LogP contribution in [0.1, 0.15) is 33.4 Å². The zero-order valence-electron chi connectivity index (χ0n) is 11.7. The molecule has 1 rings (SSSR count). The molecule has 0 aromatic carbocycles. The van der Waals surface area contributed by atoms with Crippen LogP contribution < -0.4 is 10.2 Å². The van der Waals surface area contributed by atoms with E-state index in [2.05, 4.69) is 62.1 Å². The minimum Gasteiger partial charge on any atom is -0.372 e. The fourth-order valence-electron chi connectivity index (χ4n) is 1.57. The Balaban J connectivity index is 2.59. The Labute approximate surface area is 105 Å². The predicted molar refractivity (Wildman–Crippen MR) is 74.3 cm³/mol. The lowest BCUT2D eigenvalue weighted by molar-refractivity contribution is 0.548. The molecule has 0 saturated heterocycles.